The monoisotopic (exact) mass is 411 g/mol. The van der Waals surface area contributed by atoms with Crippen LogP contribution in [-0.4, -0.2) is 0 Å². The molecule has 0 aliphatic heterocycles. The van der Waals surface area contributed by atoms with Crippen molar-refractivity contribution >= 4 is 0 Å². The highest BCUT2D eigenvalue weighted by Gasteiger charge is 2.37. The van der Waals surface area contributed by atoms with Crippen LogP contribution in [0.3, 0.4) is 0 Å². The van der Waals surface area contributed by atoms with Crippen molar-refractivity contribution in [3.63, 3.8) is 0 Å². The molecule has 2 aromatic rings. The molecule has 0 fully saturated rings. The van der Waals surface area contributed by atoms with Crippen molar-refractivity contribution in [2.45, 2.75) is 84.2 Å². The molecule has 160 valence electrons. The van der Waals surface area contributed by atoms with E-state index in [1.54, 1.807) is 0 Å². The molecule has 0 heterocycles. The molecule has 0 saturated heterocycles. The second-order valence-corrected chi connectivity index (χ2v) is 9.63. The van der Waals surface area contributed by atoms with Crippen LogP contribution in [0, 0.1) is 24.5 Å². The lowest BCUT2D eigenvalue weighted by Crippen LogP contribution is -2.23. The Labute approximate surface area is 188 Å². The molecule has 1 unspecified atom stereocenters. The number of hydrogen-bond donors (Lipinski definition) is 0. The van der Waals surface area contributed by atoms with Crippen LogP contribution in [0.1, 0.15) is 81.8 Å². The first-order chi connectivity index (χ1) is 14.4. The Hall–Kier alpha value is -3.09. The van der Waals surface area contributed by atoms with Crippen molar-refractivity contribution < 1.29 is 0 Å². The second kappa shape index (κ2) is 8.96. The van der Waals surface area contributed by atoms with Crippen LogP contribution in [-0.2, 0) is 35.8 Å². The molecule has 0 aliphatic rings. The van der Waals surface area contributed by atoms with Crippen LogP contribution in [0.4, 0.5) is 0 Å². The van der Waals surface area contributed by atoms with E-state index in [9.17, 15) is 5.26 Å². The van der Waals surface area contributed by atoms with E-state index in [4.69, 9.17) is 13.1 Å². The first-order valence-corrected chi connectivity index (χ1v) is 10.9. The van der Waals surface area contributed by atoms with Gasteiger partial charge in [0, 0.05) is 31.9 Å². The predicted octanol–water partition coefficient (Wildman–Crippen LogP) is 7.14. The third kappa shape index (κ3) is 5.16. The largest absolute Gasteiger partial charge is 0.306 e. The van der Waals surface area contributed by atoms with Crippen molar-refractivity contribution in [2.75, 3.05) is 0 Å². The first kappa shape index (κ1) is 24.2. The first-order valence-electron chi connectivity index (χ1n) is 10.9. The molecule has 0 N–H and O–H groups in total. The summed E-state index contributed by atoms with van der Waals surface area (Å²) in [5, 5.41) is 9.62. The number of nitriles is 1. The third-order valence-electron chi connectivity index (χ3n) is 6.27. The van der Waals surface area contributed by atoms with Crippen LogP contribution in [0.5, 0.6) is 0 Å². The van der Waals surface area contributed by atoms with Gasteiger partial charge in [0.1, 0.15) is 0 Å². The maximum absolute atomic E-state index is 9.62. The van der Waals surface area contributed by atoms with E-state index in [1.807, 2.05) is 40.7 Å². The maximum atomic E-state index is 9.62. The number of nitrogens with zero attached hydrogens (tertiary/aromatic N) is 3. The highest BCUT2D eigenvalue weighted by Crippen LogP contribution is 2.36. The Morgan fingerprint density at radius 1 is 0.742 bits per heavy atom. The predicted molar refractivity (Wildman–Crippen MR) is 128 cm³/mol. The van der Waals surface area contributed by atoms with E-state index in [2.05, 4.69) is 59.9 Å². The summed E-state index contributed by atoms with van der Waals surface area (Å²) in [4.78, 5) is 7.90. The molecule has 2 rings (SSSR count). The normalized spacial score (nSPS) is 13.5. The molecule has 31 heavy (non-hydrogen) atoms. The highest BCUT2D eigenvalue weighted by atomic mass is 14.8. The fraction of sp³-hybridized carbons (Fsp3) is 0.464. The van der Waals surface area contributed by atoms with Crippen LogP contribution in [0.15, 0.2) is 36.4 Å². The second-order valence-electron chi connectivity index (χ2n) is 9.63. The zero-order chi connectivity index (χ0) is 23.4. The number of hydrogen-bond acceptors (Lipinski definition) is 1. The van der Waals surface area contributed by atoms with Gasteiger partial charge in [0.2, 0.25) is 0 Å². The van der Waals surface area contributed by atoms with Gasteiger partial charge in [-0.15, -0.1) is 0 Å². The van der Waals surface area contributed by atoms with Gasteiger partial charge in [0.25, 0.3) is 11.1 Å². The van der Waals surface area contributed by atoms with Crippen molar-refractivity contribution in [2.24, 2.45) is 0 Å². The summed E-state index contributed by atoms with van der Waals surface area (Å²) in [5.74, 6) is 0. The van der Waals surface area contributed by atoms with Crippen LogP contribution in [0.2, 0.25) is 0 Å². The van der Waals surface area contributed by atoms with Gasteiger partial charge < -0.3 is 9.69 Å². The van der Waals surface area contributed by atoms with E-state index < -0.39 is 16.5 Å². The molecule has 1 atom stereocenters. The highest BCUT2D eigenvalue weighted by molar-refractivity contribution is 5.43. The van der Waals surface area contributed by atoms with E-state index >= 15 is 0 Å². The average Bonchev–Trinajstić information content (AvgIpc) is 2.78. The van der Waals surface area contributed by atoms with Gasteiger partial charge in [-0.3, -0.25) is 0 Å². The summed E-state index contributed by atoms with van der Waals surface area (Å²) in [6, 6.07) is 15.0. The lowest BCUT2D eigenvalue weighted by molar-refractivity contribution is 0.577. The Kier molecular flexibility index (Phi) is 6.99. The van der Waals surface area contributed by atoms with E-state index in [0.29, 0.717) is 6.42 Å². The molecular formula is C28H33N3. The Morgan fingerprint density at radius 3 is 1.77 bits per heavy atom. The van der Waals surface area contributed by atoms with Gasteiger partial charge >= 0.3 is 0 Å². The summed E-state index contributed by atoms with van der Waals surface area (Å²) in [5.41, 5.74) is 4.35. The molecule has 0 aromatic heterocycles. The van der Waals surface area contributed by atoms with Gasteiger partial charge in [-0.1, -0.05) is 32.0 Å². The zero-order valence-electron chi connectivity index (χ0n) is 19.9. The Bertz CT molecular complexity index is 1090. The molecule has 0 amide bonds. The van der Waals surface area contributed by atoms with Gasteiger partial charge in [0.05, 0.1) is 17.9 Å². The van der Waals surface area contributed by atoms with E-state index in [0.717, 1.165) is 40.7 Å². The fourth-order valence-electron chi connectivity index (χ4n) is 3.72. The van der Waals surface area contributed by atoms with Gasteiger partial charge in [-0.25, -0.2) is 13.1 Å². The minimum absolute atomic E-state index is 0.559. The molecule has 0 bridgehead atoms. The number of aryl methyl sites for hydroxylation is 2. The van der Waals surface area contributed by atoms with Crippen molar-refractivity contribution in [3.05, 3.63) is 92.6 Å². The molecule has 0 radical (unpaired) electrons. The summed E-state index contributed by atoms with van der Waals surface area (Å²) in [7, 11) is 0. The maximum Gasteiger partial charge on any atom is 0.258 e. The molecular weight excluding hydrogens is 378 g/mol. The lowest BCUT2D eigenvalue weighted by Gasteiger charge is -2.23. The fourth-order valence-corrected chi connectivity index (χ4v) is 3.72. The molecule has 0 saturated carbocycles. The average molecular weight is 412 g/mol. The molecule has 0 aliphatic carbocycles. The van der Waals surface area contributed by atoms with Crippen LogP contribution < -0.4 is 0 Å². The summed E-state index contributed by atoms with van der Waals surface area (Å²) in [6.07, 6.45) is 2.30. The summed E-state index contributed by atoms with van der Waals surface area (Å²) >= 11 is 0. The van der Waals surface area contributed by atoms with Gasteiger partial charge in [-0.05, 0) is 67.1 Å². The Balaban J connectivity index is 2.62. The molecule has 3 nitrogen and oxygen atoms in total. The molecule has 3 heteroatoms. The number of rotatable bonds is 7. The van der Waals surface area contributed by atoms with E-state index in [1.165, 1.54) is 5.56 Å². The van der Waals surface area contributed by atoms with Gasteiger partial charge in [-0.2, -0.15) is 5.26 Å². The SMILES string of the molecule is [C-]#[N+]C(C)(C)c1cc(CC)cc(C(C)(Cc2cc(CC)cc(C(C)(C)C#N)c2)[N+]#[C-])c1. The zero-order valence-corrected chi connectivity index (χ0v) is 19.9. The van der Waals surface area contributed by atoms with E-state index in [-0.39, 0.29) is 0 Å². The quantitative estimate of drug-likeness (QED) is 0.445. The van der Waals surface area contributed by atoms with Crippen LogP contribution >= 0.6 is 0 Å². The topological polar surface area (TPSA) is 32.5 Å². The smallest absolute Gasteiger partial charge is 0.258 e. The van der Waals surface area contributed by atoms with Crippen molar-refractivity contribution in [3.8, 4) is 6.07 Å². The standard InChI is InChI=1S/C28H33N3/c1-10-20-12-22(16-23(13-20)26(3,4)19-29)18-28(7,31-9)25-15-21(11-2)14-24(17-25)27(5,6)30-8/h12-17H,10-11,18H2,1-7H3. The van der Waals surface area contributed by atoms with Crippen molar-refractivity contribution in [1.29, 1.82) is 5.26 Å². The van der Waals surface area contributed by atoms with Crippen molar-refractivity contribution in [1.82, 2.24) is 0 Å². The van der Waals surface area contributed by atoms with Crippen LogP contribution in [0.25, 0.3) is 9.69 Å². The summed E-state index contributed by atoms with van der Waals surface area (Å²) in [6.45, 7) is 29.6. The number of benzene rings is 2. The minimum atomic E-state index is -0.752. The summed E-state index contributed by atoms with van der Waals surface area (Å²) < 4.78 is 0. The third-order valence-corrected chi connectivity index (χ3v) is 6.27. The molecule has 0 spiro atoms. The van der Waals surface area contributed by atoms with Gasteiger partial charge in [0.15, 0.2) is 0 Å². The Morgan fingerprint density at radius 2 is 1.26 bits per heavy atom. The lowest BCUT2D eigenvalue weighted by atomic mass is 9.79. The minimum Gasteiger partial charge on any atom is -0.306 e. The molecule has 2 aromatic carbocycles.